The summed E-state index contributed by atoms with van der Waals surface area (Å²) in [6.45, 7) is 4.57. The molecule has 0 bridgehead atoms. The molecule has 0 saturated carbocycles. The SMILES string of the molecule is O=C(CCCCCCC(=O)Nc1ccc(C(=O)N(CCNC(=O)c2ccc(C(=O)O)c(C3=c4cc5c6c(c4Oc4c3cc3c7c4CCCN7CCCC3)CCC[N+]=6CCCC5)c2)CC2=C/C=C\C=C/C=C\2)cc1)NO. The number of carbonyl (C=O) groups excluding carboxylic acids is 4. The van der Waals surface area contributed by atoms with Crippen molar-refractivity contribution in [1.82, 2.24) is 20.3 Å². The Bertz CT molecular complexity index is 3190. The average Bonchev–Trinajstić information content (AvgIpc) is 3.78. The van der Waals surface area contributed by atoms with Gasteiger partial charge in [0.25, 0.3) is 11.8 Å². The molecule has 0 radical (unpaired) electrons. The van der Waals surface area contributed by atoms with E-state index < -0.39 is 11.9 Å². The third-order valence-corrected chi connectivity index (χ3v) is 15.5. The number of fused-ring (bicyclic) bond motifs is 4. The van der Waals surface area contributed by atoms with E-state index in [2.05, 4.69) is 32.2 Å². The van der Waals surface area contributed by atoms with Crippen molar-refractivity contribution in [2.24, 2.45) is 0 Å². The van der Waals surface area contributed by atoms with Crippen molar-refractivity contribution >= 4 is 46.5 Å². The predicted molar refractivity (Wildman–Crippen MR) is 289 cm³/mol. The third kappa shape index (κ3) is 11.3. The Labute approximate surface area is 437 Å². The largest absolute Gasteiger partial charge is 0.478 e. The summed E-state index contributed by atoms with van der Waals surface area (Å²) < 4.78 is 9.83. The zero-order valence-electron chi connectivity index (χ0n) is 42.7. The molecule has 1 aliphatic carbocycles. The number of hydrogen-bond acceptors (Lipinski definition) is 8. The number of ether oxygens (including phenoxy) is 1. The lowest BCUT2D eigenvalue weighted by Gasteiger charge is -2.35. The minimum Gasteiger partial charge on any atom is -0.478 e. The summed E-state index contributed by atoms with van der Waals surface area (Å²) in [4.78, 5) is 70.4. The third-order valence-electron chi connectivity index (χ3n) is 15.5. The number of carbonyl (C=O) groups is 5. The fraction of sp³-hybridized carbons (Fsp3) is 0.377. The van der Waals surface area contributed by atoms with Crippen molar-refractivity contribution < 1.29 is 39.0 Å². The average molecular weight is 1010 g/mol. The van der Waals surface area contributed by atoms with Crippen LogP contribution in [0.1, 0.15) is 142 Å². The first-order valence-electron chi connectivity index (χ1n) is 27.1. The maximum atomic E-state index is 14.5. The van der Waals surface area contributed by atoms with E-state index in [4.69, 9.17) is 9.94 Å². The number of benzene rings is 4. The number of carboxylic acids is 1. The molecule has 75 heavy (non-hydrogen) atoms. The summed E-state index contributed by atoms with van der Waals surface area (Å²) in [5.41, 5.74) is 12.3. The van der Waals surface area contributed by atoms with E-state index in [-0.39, 0.29) is 49.3 Å². The zero-order chi connectivity index (χ0) is 51.8. The molecule has 388 valence electrons. The Morgan fingerprint density at radius 2 is 1.43 bits per heavy atom. The first-order valence-corrected chi connectivity index (χ1v) is 27.1. The number of hydrogen-bond donors (Lipinski definition) is 5. The molecule has 0 atom stereocenters. The van der Waals surface area contributed by atoms with Crippen LogP contribution in [0.2, 0.25) is 0 Å². The van der Waals surface area contributed by atoms with Gasteiger partial charge in [0.1, 0.15) is 24.6 Å². The van der Waals surface area contributed by atoms with Crippen LogP contribution in [0, 0.1) is 0 Å². The lowest BCUT2D eigenvalue weighted by Crippen LogP contribution is -2.41. The number of allylic oxidation sites excluding steroid dienone is 6. The van der Waals surface area contributed by atoms with Crippen molar-refractivity contribution in [2.75, 3.05) is 56.0 Å². The van der Waals surface area contributed by atoms with E-state index in [0.29, 0.717) is 41.6 Å². The molecule has 6 aliphatic rings. The zero-order valence-corrected chi connectivity index (χ0v) is 42.7. The van der Waals surface area contributed by atoms with E-state index in [1.807, 2.05) is 42.5 Å². The van der Waals surface area contributed by atoms with Crippen molar-refractivity contribution in [3.05, 3.63) is 163 Å². The van der Waals surface area contributed by atoms with Gasteiger partial charge in [-0.2, -0.15) is 0 Å². The van der Waals surface area contributed by atoms with Crippen LogP contribution >= 0.6 is 0 Å². The van der Waals surface area contributed by atoms with Gasteiger partial charge in [0.15, 0.2) is 0 Å². The van der Waals surface area contributed by atoms with E-state index >= 15 is 0 Å². The Hall–Kier alpha value is -7.58. The quantitative estimate of drug-likeness (QED) is 0.0268. The van der Waals surface area contributed by atoms with Crippen molar-refractivity contribution in [2.45, 2.75) is 103 Å². The van der Waals surface area contributed by atoms with Gasteiger partial charge in [-0.25, -0.2) is 14.9 Å². The highest BCUT2D eigenvalue weighted by Crippen LogP contribution is 2.48. The summed E-state index contributed by atoms with van der Waals surface area (Å²) >= 11 is 0. The smallest absolute Gasteiger partial charge is 0.336 e. The maximum absolute atomic E-state index is 14.5. The summed E-state index contributed by atoms with van der Waals surface area (Å²) in [5.74, 6) is -0.668. The minimum absolute atomic E-state index is 0.113. The fourth-order valence-electron chi connectivity index (χ4n) is 11.9. The van der Waals surface area contributed by atoms with Crippen LogP contribution in [-0.2, 0) is 35.3 Å². The molecule has 14 nitrogen and oxygen atoms in total. The second kappa shape index (κ2) is 23.3. The number of unbranched alkanes of at least 4 members (excludes halogenated alkanes) is 3. The van der Waals surface area contributed by atoms with Crippen LogP contribution in [0.15, 0.2) is 103 Å². The van der Waals surface area contributed by atoms with Crippen LogP contribution < -0.4 is 40.9 Å². The van der Waals surface area contributed by atoms with E-state index in [1.165, 1.54) is 33.3 Å². The molecule has 5 N–H and O–H groups in total. The summed E-state index contributed by atoms with van der Waals surface area (Å²) in [6.07, 6.45) is 26.8. The highest BCUT2D eigenvalue weighted by molar-refractivity contribution is 6.03. The molecule has 0 saturated heterocycles. The molecule has 0 spiro atoms. The van der Waals surface area contributed by atoms with Crippen LogP contribution in [-0.4, -0.2) is 90.6 Å². The maximum Gasteiger partial charge on any atom is 0.336 e. The lowest BCUT2D eigenvalue weighted by atomic mass is 9.82. The number of anilines is 2. The Morgan fingerprint density at radius 1 is 0.693 bits per heavy atom. The molecule has 0 aromatic heterocycles. The molecule has 5 aliphatic heterocycles. The standard InChI is InChI=1S/C61H66N6O8/c68-52(22-8-4-5-9-23-53(69)64-74)63-45-27-24-41(25-28-45)60(71)67(39-40-16-6-2-1-3-7-17-40)35-30-62-59(70)44-26-29-46(61(72)73)49(38-44)54-50-36-42-18-10-12-31-65-33-14-20-47(55(42)65)57(50)75-58-48-21-15-34-66-32-13-11-19-43(56(48)66)37-51(54)58/h1-3,6-7,16-17,24-29,36-38H,4-5,8-15,18-23,30-35,39H2,(H4-,62,63,64,68,69,70,71,72,73,74)/p+1/b2-1-,3-1?,6-2?,7-3-,16-6-,17-7?,40-16?,40-17+. The van der Waals surface area contributed by atoms with Crippen LogP contribution in [0.4, 0.5) is 11.4 Å². The number of hydroxylamine groups is 1. The number of carboxylic acid groups (broad SMARTS) is 1. The topological polar surface area (TPSA) is 181 Å². The Morgan fingerprint density at radius 3 is 2.25 bits per heavy atom. The van der Waals surface area contributed by atoms with Crippen LogP contribution in [0.25, 0.3) is 5.57 Å². The molecule has 0 unspecified atom stereocenters. The van der Waals surface area contributed by atoms with Crippen molar-refractivity contribution in [3.63, 3.8) is 0 Å². The van der Waals surface area contributed by atoms with Gasteiger partial charge in [-0.1, -0.05) is 55.4 Å². The normalized spacial score (nSPS) is 18.0. The molecular formula is C61H67N6O8+. The van der Waals surface area contributed by atoms with Gasteiger partial charge in [-0.3, -0.25) is 24.4 Å². The molecule has 4 aromatic rings. The van der Waals surface area contributed by atoms with Gasteiger partial charge in [0, 0.05) is 108 Å². The number of rotatable bonds is 17. The van der Waals surface area contributed by atoms with Gasteiger partial charge >= 0.3 is 5.97 Å². The molecule has 14 heteroatoms. The minimum atomic E-state index is -1.08. The number of nitrogens with one attached hydrogen (secondary N) is 3. The number of amides is 4. The van der Waals surface area contributed by atoms with Crippen LogP contribution in [0.3, 0.4) is 0 Å². The van der Waals surface area contributed by atoms with Gasteiger partial charge in [0.05, 0.1) is 11.1 Å². The monoisotopic (exact) mass is 1010 g/mol. The first-order chi connectivity index (χ1) is 36.6. The van der Waals surface area contributed by atoms with E-state index in [9.17, 15) is 29.1 Å². The Kier molecular flexibility index (Phi) is 15.8. The number of nitrogens with zero attached hydrogens (tertiary/aromatic N) is 3. The highest BCUT2D eigenvalue weighted by Gasteiger charge is 2.36. The Balaban J connectivity index is 0.934. The summed E-state index contributed by atoms with van der Waals surface area (Å²) in [6, 6.07) is 16.2. The molecule has 5 heterocycles. The summed E-state index contributed by atoms with van der Waals surface area (Å²) in [5, 5.41) is 27.8. The van der Waals surface area contributed by atoms with Gasteiger partial charge in [0.2, 0.25) is 17.2 Å². The molecule has 10 rings (SSSR count). The lowest BCUT2D eigenvalue weighted by molar-refractivity contribution is -0.129. The first kappa shape index (κ1) is 50.9. The fourth-order valence-corrected chi connectivity index (χ4v) is 11.9. The van der Waals surface area contributed by atoms with Gasteiger partial charge in [-0.05, 0) is 136 Å². The van der Waals surface area contributed by atoms with Gasteiger partial charge in [-0.15, -0.1) is 0 Å². The predicted octanol–water partition coefficient (Wildman–Crippen LogP) is 7.87. The number of aryl methyl sites for hydroxylation is 2. The highest BCUT2D eigenvalue weighted by atomic mass is 16.5. The molecule has 0 fully saturated rings. The van der Waals surface area contributed by atoms with E-state index in [1.54, 1.807) is 52.8 Å². The van der Waals surface area contributed by atoms with Crippen molar-refractivity contribution in [3.8, 4) is 11.5 Å². The molecule has 4 aromatic carbocycles. The van der Waals surface area contributed by atoms with Gasteiger partial charge < -0.3 is 30.3 Å². The van der Waals surface area contributed by atoms with E-state index in [0.717, 1.165) is 137 Å². The molecular weight excluding hydrogens is 945 g/mol. The number of aromatic carboxylic acids is 1. The molecule has 4 amide bonds. The second-order valence-electron chi connectivity index (χ2n) is 20.5. The second-order valence-corrected chi connectivity index (χ2v) is 20.5. The summed E-state index contributed by atoms with van der Waals surface area (Å²) in [7, 11) is 0. The van der Waals surface area contributed by atoms with Crippen LogP contribution in [0.5, 0.6) is 11.5 Å². The van der Waals surface area contributed by atoms with Crippen molar-refractivity contribution in [1.29, 1.82) is 0 Å².